The van der Waals surface area contributed by atoms with E-state index in [1.54, 1.807) is 4.90 Å². The minimum atomic E-state index is -0.437. The summed E-state index contributed by atoms with van der Waals surface area (Å²) >= 11 is 0. The molecule has 0 bridgehead atoms. The quantitative estimate of drug-likeness (QED) is 0.724. The van der Waals surface area contributed by atoms with E-state index in [0.717, 1.165) is 25.9 Å². The number of rotatable bonds is 4. The van der Waals surface area contributed by atoms with Crippen LogP contribution in [0.5, 0.6) is 0 Å². The van der Waals surface area contributed by atoms with Crippen LogP contribution in [-0.4, -0.2) is 42.8 Å². The Labute approximate surface area is 108 Å². The van der Waals surface area contributed by atoms with Crippen LogP contribution in [0, 0.1) is 5.92 Å². The average Bonchev–Trinajstić information content (AvgIpc) is 2.17. The minimum absolute atomic E-state index is 0.168. The van der Waals surface area contributed by atoms with Crippen molar-refractivity contribution in [3.8, 4) is 0 Å². The summed E-state index contributed by atoms with van der Waals surface area (Å²) in [6.07, 6.45) is 1.99. The third-order valence-corrected chi connectivity index (χ3v) is 2.83. The standard InChI is InChI=1S/C13H23NO4/c1-13(2,3)18-12(16)14-8-10(9-14)6-5-7-11(15)17-4/h10H,5-9H2,1-4H3. The third-order valence-electron chi connectivity index (χ3n) is 2.83. The van der Waals surface area contributed by atoms with Gasteiger partial charge in [0.25, 0.3) is 0 Å². The molecule has 0 N–H and O–H groups in total. The molecule has 1 rings (SSSR count). The van der Waals surface area contributed by atoms with Crippen molar-refractivity contribution in [2.75, 3.05) is 20.2 Å². The van der Waals surface area contributed by atoms with E-state index in [-0.39, 0.29) is 12.1 Å². The summed E-state index contributed by atoms with van der Waals surface area (Å²) < 4.78 is 9.84. The van der Waals surface area contributed by atoms with Crippen molar-refractivity contribution in [1.29, 1.82) is 0 Å². The van der Waals surface area contributed by atoms with Gasteiger partial charge >= 0.3 is 12.1 Å². The molecule has 5 heteroatoms. The average molecular weight is 257 g/mol. The Morgan fingerprint density at radius 2 is 1.89 bits per heavy atom. The Hall–Kier alpha value is -1.26. The number of methoxy groups -OCH3 is 1. The van der Waals surface area contributed by atoms with Crippen molar-refractivity contribution >= 4 is 12.1 Å². The summed E-state index contributed by atoms with van der Waals surface area (Å²) in [5.74, 6) is 0.320. The molecule has 0 aliphatic carbocycles. The van der Waals surface area contributed by atoms with Crippen LogP contribution in [0.4, 0.5) is 4.79 Å². The van der Waals surface area contributed by atoms with Gasteiger partial charge in [0.2, 0.25) is 0 Å². The van der Waals surface area contributed by atoms with Gasteiger partial charge in [-0.1, -0.05) is 0 Å². The van der Waals surface area contributed by atoms with Crippen molar-refractivity contribution in [1.82, 2.24) is 4.90 Å². The highest BCUT2D eigenvalue weighted by Crippen LogP contribution is 2.23. The molecule has 0 aromatic heterocycles. The first-order valence-electron chi connectivity index (χ1n) is 6.36. The van der Waals surface area contributed by atoms with E-state index in [1.807, 2.05) is 20.8 Å². The normalized spacial score (nSPS) is 16.1. The van der Waals surface area contributed by atoms with E-state index in [2.05, 4.69) is 4.74 Å². The van der Waals surface area contributed by atoms with Gasteiger partial charge in [-0.15, -0.1) is 0 Å². The molecule has 0 unspecified atom stereocenters. The summed E-state index contributed by atoms with van der Waals surface area (Å²) in [5, 5.41) is 0. The van der Waals surface area contributed by atoms with Crippen molar-refractivity contribution in [2.24, 2.45) is 5.92 Å². The number of nitrogens with zero attached hydrogens (tertiary/aromatic N) is 1. The van der Waals surface area contributed by atoms with Crippen LogP contribution in [0.25, 0.3) is 0 Å². The van der Waals surface area contributed by atoms with Crippen LogP contribution in [0.3, 0.4) is 0 Å². The first kappa shape index (κ1) is 14.8. The second-order valence-electron chi connectivity index (χ2n) is 5.72. The summed E-state index contributed by atoms with van der Waals surface area (Å²) in [7, 11) is 1.40. The number of carbonyl (C=O) groups excluding carboxylic acids is 2. The molecule has 1 saturated heterocycles. The summed E-state index contributed by atoms with van der Waals surface area (Å²) in [6.45, 7) is 7.04. The Balaban J connectivity index is 2.12. The highest BCUT2D eigenvalue weighted by molar-refractivity contribution is 5.69. The Morgan fingerprint density at radius 1 is 1.28 bits per heavy atom. The van der Waals surface area contributed by atoms with E-state index in [1.165, 1.54) is 7.11 Å². The molecule has 0 spiro atoms. The lowest BCUT2D eigenvalue weighted by Gasteiger charge is -2.39. The summed E-state index contributed by atoms with van der Waals surface area (Å²) in [4.78, 5) is 24.3. The second-order valence-corrected chi connectivity index (χ2v) is 5.72. The van der Waals surface area contributed by atoms with Gasteiger partial charge < -0.3 is 14.4 Å². The molecule has 0 radical (unpaired) electrons. The van der Waals surface area contributed by atoms with Crippen LogP contribution in [0.15, 0.2) is 0 Å². The van der Waals surface area contributed by atoms with Gasteiger partial charge in [0.05, 0.1) is 7.11 Å². The first-order valence-corrected chi connectivity index (χ1v) is 6.36. The van der Waals surface area contributed by atoms with Gasteiger partial charge in [-0.05, 0) is 39.5 Å². The SMILES string of the molecule is COC(=O)CCCC1CN(C(=O)OC(C)(C)C)C1. The zero-order valence-electron chi connectivity index (χ0n) is 11.7. The number of hydrogen-bond donors (Lipinski definition) is 0. The number of carbonyl (C=O) groups is 2. The topological polar surface area (TPSA) is 55.8 Å². The molecule has 1 fully saturated rings. The summed E-state index contributed by atoms with van der Waals surface area (Å²) in [6, 6.07) is 0. The van der Waals surface area contributed by atoms with Gasteiger partial charge in [-0.2, -0.15) is 0 Å². The van der Waals surface area contributed by atoms with E-state index in [4.69, 9.17) is 4.74 Å². The number of amides is 1. The van der Waals surface area contributed by atoms with Gasteiger partial charge in [0.15, 0.2) is 0 Å². The van der Waals surface area contributed by atoms with Crippen LogP contribution in [0.2, 0.25) is 0 Å². The van der Waals surface area contributed by atoms with Crippen molar-refractivity contribution < 1.29 is 19.1 Å². The van der Waals surface area contributed by atoms with E-state index in [0.29, 0.717) is 12.3 Å². The fourth-order valence-corrected chi connectivity index (χ4v) is 1.87. The molecule has 104 valence electrons. The van der Waals surface area contributed by atoms with Crippen molar-refractivity contribution in [2.45, 2.75) is 45.6 Å². The fourth-order valence-electron chi connectivity index (χ4n) is 1.87. The summed E-state index contributed by atoms with van der Waals surface area (Å²) in [5.41, 5.74) is -0.437. The molecule has 0 atom stereocenters. The molecule has 1 aliphatic rings. The highest BCUT2D eigenvalue weighted by Gasteiger charge is 2.33. The third kappa shape index (κ3) is 4.94. The zero-order chi connectivity index (χ0) is 13.8. The van der Waals surface area contributed by atoms with Crippen LogP contribution < -0.4 is 0 Å². The molecule has 5 nitrogen and oxygen atoms in total. The van der Waals surface area contributed by atoms with Gasteiger partial charge in [0, 0.05) is 19.5 Å². The molecule has 0 aromatic carbocycles. The molecule has 18 heavy (non-hydrogen) atoms. The van der Waals surface area contributed by atoms with E-state index < -0.39 is 5.60 Å². The predicted octanol–water partition coefficient (Wildman–Crippen LogP) is 2.20. The lowest BCUT2D eigenvalue weighted by molar-refractivity contribution is -0.140. The van der Waals surface area contributed by atoms with E-state index >= 15 is 0 Å². The number of ether oxygens (including phenoxy) is 2. The highest BCUT2D eigenvalue weighted by atomic mass is 16.6. The molecular weight excluding hydrogens is 234 g/mol. The van der Waals surface area contributed by atoms with Gasteiger partial charge in [-0.25, -0.2) is 4.79 Å². The molecule has 1 aliphatic heterocycles. The van der Waals surface area contributed by atoms with Crippen molar-refractivity contribution in [3.63, 3.8) is 0 Å². The smallest absolute Gasteiger partial charge is 0.410 e. The Morgan fingerprint density at radius 3 is 2.39 bits per heavy atom. The van der Waals surface area contributed by atoms with Gasteiger partial charge in [0.1, 0.15) is 5.60 Å². The Kier molecular flexibility index (Phi) is 4.99. The monoisotopic (exact) mass is 257 g/mol. The van der Waals surface area contributed by atoms with Crippen LogP contribution in [0.1, 0.15) is 40.0 Å². The maximum atomic E-state index is 11.6. The number of likely N-dealkylation sites (tertiary alicyclic amines) is 1. The maximum absolute atomic E-state index is 11.6. The lowest BCUT2D eigenvalue weighted by Crippen LogP contribution is -2.51. The number of hydrogen-bond acceptors (Lipinski definition) is 4. The fraction of sp³-hybridized carbons (Fsp3) is 0.846. The molecule has 0 saturated carbocycles. The molecular formula is C13H23NO4. The van der Waals surface area contributed by atoms with Gasteiger partial charge in [-0.3, -0.25) is 4.79 Å². The molecule has 1 heterocycles. The van der Waals surface area contributed by atoms with Crippen LogP contribution in [-0.2, 0) is 14.3 Å². The Bertz CT molecular complexity index is 303. The first-order chi connectivity index (χ1) is 8.31. The van der Waals surface area contributed by atoms with E-state index in [9.17, 15) is 9.59 Å². The lowest BCUT2D eigenvalue weighted by atomic mass is 9.94. The molecule has 0 aromatic rings. The van der Waals surface area contributed by atoms with Crippen LogP contribution >= 0.6 is 0 Å². The second kappa shape index (κ2) is 6.07. The largest absolute Gasteiger partial charge is 0.469 e. The minimum Gasteiger partial charge on any atom is -0.469 e. The molecule has 1 amide bonds. The maximum Gasteiger partial charge on any atom is 0.410 e. The zero-order valence-corrected chi connectivity index (χ0v) is 11.7. The predicted molar refractivity (Wildman–Crippen MR) is 67.2 cm³/mol. The number of esters is 1. The van der Waals surface area contributed by atoms with Crippen molar-refractivity contribution in [3.05, 3.63) is 0 Å².